The zero-order valence-corrected chi connectivity index (χ0v) is 12.7. The minimum absolute atomic E-state index is 0.106. The lowest BCUT2D eigenvalue weighted by molar-refractivity contribution is -0.110. The fourth-order valence-electron chi connectivity index (χ4n) is 2.56. The van der Waals surface area contributed by atoms with Gasteiger partial charge in [0.2, 0.25) is 5.43 Å². The molecule has 25 heavy (non-hydrogen) atoms. The number of halogens is 1. The molecule has 0 unspecified atom stereocenters. The number of hydrogen-bond acceptors (Lipinski definition) is 5. The van der Waals surface area contributed by atoms with E-state index >= 15 is 0 Å². The summed E-state index contributed by atoms with van der Waals surface area (Å²) in [4.78, 5) is 24.2. The second-order valence-corrected chi connectivity index (χ2v) is 5.35. The first-order chi connectivity index (χ1) is 12.1. The van der Waals surface area contributed by atoms with E-state index < -0.39 is 11.2 Å². The average Bonchev–Trinajstić information content (AvgIpc) is 2.93. The van der Waals surface area contributed by atoms with Gasteiger partial charge in [0.05, 0.1) is 22.9 Å². The average molecular weight is 335 g/mol. The van der Waals surface area contributed by atoms with Crippen LogP contribution in [0.3, 0.4) is 0 Å². The third-order valence-corrected chi connectivity index (χ3v) is 3.76. The molecular weight excluding hydrogens is 325 g/mol. The lowest BCUT2D eigenvalue weighted by Crippen LogP contribution is -2.14. The second kappa shape index (κ2) is 5.79. The Labute approximate surface area is 140 Å². The van der Waals surface area contributed by atoms with Gasteiger partial charge in [0.25, 0.3) is 5.91 Å². The van der Waals surface area contributed by atoms with E-state index in [0.717, 1.165) is 6.07 Å². The molecule has 1 amide bonds. The molecule has 0 atom stereocenters. The third-order valence-electron chi connectivity index (χ3n) is 3.76. The number of hydrogen-bond donors (Lipinski definition) is 1. The molecule has 1 aliphatic heterocycles. The van der Waals surface area contributed by atoms with Crippen LogP contribution in [-0.2, 0) is 4.79 Å². The molecule has 1 N–H and O–H groups in total. The predicted octanol–water partition coefficient (Wildman–Crippen LogP) is 2.71. The SMILES string of the molecule is O=C1Nc2ccccc2/C1=N/N=C/c1coc2ccc(F)cc2c1=O. The first-order valence-electron chi connectivity index (χ1n) is 7.36. The maximum atomic E-state index is 13.3. The first kappa shape index (κ1) is 14.9. The number of carbonyl (C=O) groups is 1. The van der Waals surface area contributed by atoms with Crippen molar-refractivity contribution >= 4 is 34.5 Å². The molecule has 6 nitrogen and oxygen atoms in total. The summed E-state index contributed by atoms with van der Waals surface area (Å²) in [5.41, 5.74) is 1.40. The number of para-hydroxylation sites is 1. The highest BCUT2D eigenvalue weighted by atomic mass is 19.1. The van der Waals surface area contributed by atoms with E-state index in [9.17, 15) is 14.0 Å². The normalized spacial score (nSPS) is 15.1. The Kier molecular flexibility index (Phi) is 3.46. The summed E-state index contributed by atoms with van der Waals surface area (Å²) in [6.07, 6.45) is 2.40. The van der Waals surface area contributed by atoms with Gasteiger partial charge in [-0.2, -0.15) is 5.10 Å². The van der Waals surface area contributed by atoms with Gasteiger partial charge in [0, 0.05) is 5.56 Å². The van der Waals surface area contributed by atoms with Crippen LogP contribution in [0.2, 0.25) is 0 Å². The molecular formula is C18H10FN3O3. The summed E-state index contributed by atoms with van der Waals surface area (Å²) in [5, 5.41) is 10.5. The zero-order chi connectivity index (χ0) is 17.4. The fourth-order valence-corrected chi connectivity index (χ4v) is 2.56. The Morgan fingerprint density at radius 3 is 2.84 bits per heavy atom. The number of anilines is 1. The van der Waals surface area contributed by atoms with Crippen LogP contribution in [0.4, 0.5) is 10.1 Å². The van der Waals surface area contributed by atoms with Gasteiger partial charge in [-0.3, -0.25) is 9.59 Å². The molecule has 2 heterocycles. The summed E-state index contributed by atoms with van der Waals surface area (Å²) >= 11 is 0. The lowest BCUT2D eigenvalue weighted by Gasteiger charge is -1.97. The minimum Gasteiger partial charge on any atom is -0.463 e. The van der Waals surface area contributed by atoms with Gasteiger partial charge in [-0.25, -0.2) is 4.39 Å². The minimum atomic E-state index is -0.534. The number of rotatable bonds is 2. The van der Waals surface area contributed by atoms with E-state index in [-0.39, 0.29) is 28.2 Å². The Hall–Kier alpha value is -3.61. The highest BCUT2D eigenvalue weighted by Crippen LogP contribution is 2.22. The molecule has 0 spiro atoms. The van der Waals surface area contributed by atoms with Crippen LogP contribution in [0.25, 0.3) is 11.0 Å². The highest BCUT2D eigenvalue weighted by molar-refractivity contribution is 6.53. The highest BCUT2D eigenvalue weighted by Gasteiger charge is 2.25. The standard InChI is InChI=1S/C18H10FN3O3/c19-11-5-6-15-13(7-11)17(23)10(9-25-15)8-20-22-16-12-3-1-2-4-14(12)21-18(16)24/h1-9H,(H,21,22,24)/b20-8+. The van der Waals surface area contributed by atoms with Crippen LogP contribution in [0.15, 0.2) is 68.1 Å². The maximum absolute atomic E-state index is 13.3. The molecule has 0 saturated heterocycles. The maximum Gasteiger partial charge on any atom is 0.276 e. The molecule has 0 radical (unpaired) electrons. The zero-order valence-electron chi connectivity index (χ0n) is 12.7. The quantitative estimate of drug-likeness (QED) is 0.577. The van der Waals surface area contributed by atoms with E-state index in [1.807, 2.05) is 0 Å². The molecule has 7 heteroatoms. The van der Waals surface area contributed by atoms with Crippen molar-refractivity contribution in [2.75, 3.05) is 5.32 Å². The van der Waals surface area contributed by atoms with Crippen molar-refractivity contribution < 1.29 is 13.6 Å². The van der Waals surface area contributed by atoms with Crippen molar-refractivity contribution in [1.29, 1.82) is 0 Å². The van der Waals surface area contributed by atoms with E-state index in [4.69, 9.17) is 4.42 Å². The summed E-state index contributed by atoms with van der Waals surface area (Å²) in [6, 6.07) is 10.8. The monoisotopic (exact) mass is 335 g/mol. The summed E-state index contributed by atoms with van der Waals surface area (Å²) in [5.74, 6) is -0.903. The van der Waals surface area contributed by atoms with Gasteiger partial charge >= 0.3 is 0 Å². The van der Waals surface area contributed by atoms with Crippen LogP contribution >= 0.6 is 0 Å². The number of carbonyl (C=O) groups excluding carboxylic acids is 1. The number of amides is 1. The van der Waals surface area contributed by atoms with E-state index in [1.54, 1.807) is 24.3 Å². The van der Waals surface area contributed by atoms with Crippen LogP contribution in [0.5, 0.6) is 0 Å². The second-order valence-electron chi connectivity index (χ2n) is 5.35. The lowest BCUT2D eigenvalue weighted by atomic mass is 10.1. The topological polar surface area (TPSA) is 84.0 Å². The van der Waals surface area contributed by atoms with E-state index in [0.29, 0.717) is 11.3 Å². The number of fused-ring (bicyclic) bond motifs is 2. The van der Waals surface area contributed by atoms with Crippen LogP contribution in [0.1, 0.15) is 11.1 Å². The molecule has 1 aliphatic rings. The summed E-state index contributed by atoms with van der Waals surface area (Å²) in [7, 11) is 0. The molecule has 0 saturated carbocycles. The number of nitrogens with one attached hydrogen (secondary N) is 1. The predicted molar refractivity (Wildman–Crippen MR) is 91.6 cm³/mol. The Balaban J connectivity index is 1.71. The van der Waals surface area contributed by atoms with Crippen molar-refractivity contribution in [3.8, 4) is 0 Å². The van der Waals surface area contributed by atoms with E-state index in [2.05, 4.69) is 15.5 Å². The van der Waals surface area contributed by atoms with Crippen LogP contribution in [-0.4, -0.2) is 17.8 Å². The molecule has 3 aromatic rings. The van der Waals surface area contributed by atoms with Gasteiger partial charge in [0.1, 0.15) is 17.7 Å². The van der Waals surface area contributed by atoms with Crippen molar-refractivity contribution in [2.45, 2.75) is 0 Å². The number of nitrogens with zero attached hydrogens (tertiary/aromatic N) is 2. The molecule has 0 bridgehead atoms. The first-order valence-corrected chi connectivity index (χ1v) is 7.36. The van der Waals surface area contributed by atoms with Crippen molar-refractivity contribution in [2.24, 2.45) is 10.2 Å². The van der Waals surface area contributed by atoms with E-state index in [1.165, 1.54) is 24.6 Å². The number of benzene rings is 2. The molecule has 4 rings (SSSR count). The van der Waals surface area contributed by atoms with Gasteiger partial charge < -0.3 is 9.73 Å². The van der Waals surface area contributed by atoms with Crippen LogP contribution < -0.4 is 10.7 Å². The van der Waals surface area contributed by atoms with Crippen molar-refractivity contribution in [3.05, 3.63) is 75.9 Å². The van der Waals surface area contributed by atoms with Crippen LogP contribution in [0, 0.1) is 5.82 Å². The van der Waals surface area contributed by atoms with Gasteiger partial charge in [-0.05, 0) is 24.3 Å². The summed E-state index contributed by atoms with van der Waals surface area (Å²) < 4.78 is 18.6. The Morgan fingerprint density at radius 1 is 1.12 bits per heavy atom. The molecule has 122 valence electrons. The molecule has 1 aromatic heterocycles. The van der Waals surface area contributed by atoms with Gasteiger partial charge in [-0.15, -0.1) is 5.10 Å². The molecule has 2 aromatic carbocycles. The smallest absolute Gasteiger partial charge is 0.276 e. The fraction of sp³-hybridized carbons (Fsp3) is 0. The Morgan fingerprint density at radius 2 is 1.96 bits per heavy atom. The summed E-state index contributed by atoms with van der Waals surface area (Å²) in [6.45, 7) is 0. The molecule has 0 aliphatic carbocycles. The molecule has 0 fully saturated rings. The largest absolute Gasteiger partial charge is 0.463 e. The van der Waals surface area contributed by atoms with Gasteiger partial charge in [0.15, 0.2) is 5.71 Å². The Bertz CT molecular complexity index is 1130. The van der Waals surface area contributed by atoms with Crippen molar-refractivity contribution in [1.82, 2.24) is 0 Å². The van der Waals surface area contributed by atoms with Gasteiger partial charge in [-0.1, -0.05) is 18.2 Å². The van der Waals surface area contributed by atoms with Crippen molar-refractivity contribution in [3.63, 3.8) is 0 Å². The third kappa shape index (κ3) is 2.61.